The predicted octanol–water partition coefficient (Wildman–Crippen LogP) is 3.31. The molecule has 1 heterocycles. The lowest BCUT2D eigenvalue weighted by Gasteiger charge is -2.36. The lowest BCUT2D eigenvalue weighted by atomic mass is 10.1. The summed E-state index contributed by atoms with van der Waals surface area (Å²) >= 11 is 5.67. The van der Waals surface area contributed by atoms with Crippen LogP contribution in [0.3, 0.4) is 0 Å². The van der Waals surface area contributed by atoms with Crippen molar-refractivity contribution in [1.82, 2.24) is 9.80 Å². The zero-order valence-electron chi connectivity index (χ0n) is 13.9. The smallest absolute Gasteiger partial charge is 0.378 e. The van der Waals surface area contributed by atoms with Crippen molar-refractivity contribution in [2.24, 2.45) is 0 Å². The van der Waals surface area contributed by atoms with E-state index in [1.54, 1.807) is 0 Å². The van der Waals surface area contributed by atoms with E-state index >= 15 is 0 Å². The average Bonchev–Trinajstić information content (AvgIpc) is 2.51. The third-order valence-corrected chi connectivity index (χ3v) is 4.65. The summed E-state index contributed by atoms with van der Waals surface area (Å²) < 4.78 is 38.6. The largest absolute Gasteiger partial charge is 0.418 e. The van der Waals surface area contributed by atoms with E-state index in [0.717, 1.165) is 32.2 Å². The standard InChI is InChI=1S/C15H20ClF3N4O2/c1-10(22-5-3-21(2)4-6-22)9-20-13-8-12(16)11(15(17,18)19)7-14(13)23(24)25/h7-8,10,20H,3-6,9H2,1-2H3. The molecule has 0 radical (unpaired) electrons. The van der Waals surface area contributed by atoms with Gasteiger partial charge in [0.1, 0.15) is 5.69 Å². The van der Waals surface area contributed by atoms with Crippen molar-refractivity contribution in [2.75, 3.05) is 45.1 Å². The number of piperazine rings is 1. The van der Waals surface area contributed by atoms with Gasteiger partial charge in [0.15, 0.2) is 0 Å². The topological polar surface area (TPSA) is 61.7 Å². The molecular weight excluding hydrogens is 361 g/mol. The van der Waals surface area contributed by atoms with Gasteiger partial charge in [0.2, 0.25) is 0 Å². The Morgan fingerprint density at radius 2 is 1.92 bits per heavy atom. The molecule has 10 heteroatoms. The summed E-state index contributed by atoms with van der Waals surface area (Å²) in [6.45, 7) is 5.93. The predicted molar refractivity (Wildman–Crippen MR) is 90.1 cm³/mol. The van der Waals surface area contributed by atoms with Crippen LogP contribution in [-0.4, -0.2) is 60.5 Å². The number of anilines is 1. The summed E-state index contributed by atoms with van der Waals surface area (Å²) in [5, 5.41) is 13.4. The number of nitro benzene ring substituents is 1. The van der Waals surface area contributed by atoms with E-state index in [-0.39, 0.29) is 11.7 Å². The Hall–Kier alpha value is -1.58. The molecule has 1 aliphatic heterocycles. The van der Waals surface area contributed by atoms with Crippen molar-refractivity contribution in [1.29, 1.82) is 0 Å². The molecule has 1 aromatic rings. The lowest BCUT2D eigenvalue weighted by molar-refractivity contribution is -0.384. The molecule has 1 saturated heterocycles. The maximum absolute atomic E-state index is 12.9. The fourth-order valence-corrected chi connectivity index (χ4v) is 2.99. The van der Waals surface area contributed by atoms with Gasteiger partial charge >= 0.3 is 6.18 Å². The van der Waals surface area contributed by atoms with Gasteiger partial charge in [0.25, 0.3) is 5.69 Å². The minimum atomic E-state index is -4.74. The number of halogens is 4. The van der Waals surface area contributed by atoms with Gasteiger partial charge in [-0.25, -0.2) is 0 Å². The normalized spacial score (nSPS) is 18.2. The molecule has 0 saturated carbocycles. The van der Waals surface area contributed by atoms with E-state index < -0.39 is 27.4 Å². The Morgan fingerprint density at radius 3 is 2.44 bits per heavy atom. The molecule has 1 unspecified atom stereocenters. The third kappa shape index (κ3) is 4.96. The molecule has 1 fully saturated rings. The van der Waals surface area contributed by atoms with E-state index in [9.17, 15) is 23.3 Å². The van der Waals surface area contributed by atoms with Gasteiger partial charge in [0, 0.05) is 44.8 Å². The second-order valence-corrected chi connectivity index (χ2v) is 6.58. The zero-order chi connectivity index (χ0) is 18.8. The molecule has 1 aromatic carbocycles. The molecule has 2 rings (SSSR count). The number of rotatable bonds is 5. The van der Waals surface area contributed by atoms with Crippen LogP contribution in [0.5, 0.6) is 0 Å². The van der Waals surface area contributed by atoms with Gasteiger partial charge in [-0.05, 0) is 20.0 Å². The molecule has 0 aromatic heterocycles. The van der Waals surface area contributed by atoms with Crippen molar-refractivity contribution >= 4 is 23.0 Å². The number of hydrogen-bond donors (Lipinski definition) is 1. The maximum atomic E-state index is 12.9. The van der Waals surface area contributed by atoms with E-state index in [1.165, 1.54) is 0 Å². The van der Waals surface area contributed by atoms with Crippen LogP contribution in [0.2, 0.25) is 5.02 Å². The molecule has 1 N–H and O–H groups in total. The molecular formula is C15H20ClF3N4O2. The molecule has 0 amide bonds. The highest BCUT2D eigenvalue weighted by molar-refractivity contribution is 6.31. The highest BCUT2D eigenvalue weighted by atomic mass is 35.5. The van der Waals surface area contributed by atoms with Crippen LogP contribution in [0.15, 0.2) is 12.1 Å². The second kappa shape index (κ2) is 7.76. The molecule has 0 spiro atoms. The van der Waals surface area contributed by atoms with E-state index in [0.29, 0.717) is 12.6 Å². The van der Waals surface area contributed by atoms with Gasteiger partial charge < -0.3 is 10.2 Å². The fraction of sp³-hybridized carbons (Fsp3) is 0.600. The van der Waals surface area contributed by atoms with Crippen molar-refractivity contribution in [3.05, 3.63) is 32.8 Å². The Kier molecular flexibility index (Phi) is 6.12. The van der Waals surface area contributed by atoms with Crippen LogP contribution in [0, 0.1) is 10.1 Å². The number of benzene rings is 1. The minimum absolute atomic E-state index is 0.0102. The Balaban J connectivity index is 2.13. The van der Waals surface area contributed by atoms with E-state index in [2.05, 4.69) is 15.1 Å². The molecule has 0 bridgehead atoms. The van der Waals surface area contributed by atoms with Gasteiger partial charge in [-0.1, -0.05) is 11.6 Å². The SMILES string of the molecule is CC(CNc1cc(Cl)c(C(F)(F)F)cc1[N+](=O)[O-])N1CCN(C)CC1. The summed E-state index contributed by atoms with van der Waals surface area (Å²) in [6, 6.07) is 1.53. The van der Waals surface area contributed by atoms with Crippen molar-refractivity contribution in [3.63, 3.8) is 0 Å². The molecule has 25 heavy (non-hydrogen) atoms. The number of nitrogens with one attached hydrogen (secondary N) is 1. The summed E-state index contributed by atoms with van der Waals surface area (Å²) in [6.07, 6.45) is -4.74. The number of likely N-dealkylation sites (N-methyl/N-ethyl adjacent to an activating group) is 1. The van der Waals surface area contributed by atoms with Crippen LogP contribution in [0.25, 0.3) is 0 Å². The van der Waals surface area contributed by atoms with Gasteiger partial charge in [-0.15, -0.1) is 0 Å². The second-order valence-electron chi connectivity index (χ2n) is 6.17. The van der Waals surface area contributed by atoms with Gasteiger partial charge in [0.05, 0.1) is 15.5 Å². The van der Waals surface area contributed by atoms with Crippen molar-refractivity contribution in [2.45, 2.75) is 19.1 Å². The van der Waals surface area contributed by atoms with Crippen LogP contribution in [0.4, 0.5) is 24.5 Å². The highest BCUT2D eigenvalue weighted by Crippen LogP contribution is 2.40. The quantitative estimate of drug-likeness (QED) is 0.627. The summed E-state index contributed by atoms with van der Waals surface area (Å²) in [5.41, 5.74) is -1.86. The minimum Gasteiger partial charge on any atom is -0.378 e. The zero-order valence-corrected chi connectivity index (χ0v) is 14.7. The van der Waals surface area contributed by atoms with E-state index in [4.69, 9.17) is 11.6 Å². The Bertz CT molecular complexity index is 634. The number of alkyl halides is 3. The third-order valence-electron chi connectivity index (χ3n) is 4.34. The highest BCUT2D eigenvalue weighted by Gasteiger charge is 2.36. The average molecular weight is 381 g/mol. The van der Waals surface area contributed by atoms with Crippen LogP contribution >= 0.6 is 11.6 Å². The first-order chi connectivity index (χ1) is 11.6. The van der Waals surface area contributed by atoms with Crippen LogP contribution < -0.4 is 5.32 Å². The lowest BCUT2D eigenvalue weighted by Crippen LogP contribution is -2.49. The summed E-state index contributed by atoms with van der Waals surface area (Å²) in [5.74, 6) is 0. The molecule has 0 aliphatic carbocycles. The van der Waals surface area contributed by atoms with Gasteiger partial charge in [-0.3, -0.25) is 15.0 Å². The van der Waals surface area contributed by atoms with Gasteiger partial charge in [-0.2, -0.15) is 13.2 Å². The molecule has 1 aliphatic rings. The van der Waals surface area contributed by atoms with Crippen molar-refractivity contribution in [3.8, 4) is 0 Å². The fourth-order valence-electron chi connectivity index (χ4n) is 2.72. The Labute approximate surface area is 148 Å². The summed E-state index contributed by atoms with van der Waals surface area (Å²) in [4.78, 5) is 14.7. The van der Waals surface area contributed by atoms with Crippen molar-refractivity contribution < 1.29 is 18.1 Å². The first kappa shape index (κ1) is 19.7. The summed E-state index contributed by atoms with van der Waals surface area (Å²) in [7, 11) is 2.04. The number of nitrogens with zero attached hydrogens (tertiary/aromatic N) is 3. The number of nitro groups is 1. The first-order valence-corrected chi connectivity index (χ1v) is 8.19. The molecule has 6 nitrogen and oxygen atoms in total. The first-order valence-electron chi connectivity index (χ1n) is 7.81. The molecule has 140 valence electrons. The van der Waals surface area contributed by atoms with Crippen LogP contribution in [-0.2, 0) is 6.18 Å². The van der Waals surface area contributed by atoms with E-state index in [1.807, 2.05) is 14.0 Å². The van der Waals surface area contributed by atoms with Crippen LogP contribution in [0.1, 0.15) is 12.5 Å². The number of hydrogen-bond acceptors (Lipinski definition) is 5. The Morgan fingerprint density at radius 1 is 1.32 bits per heavy atom. The molecule has 1 atom stereocenters. The maximum Gasteiger partial charge on any atom is 0.418 e. The monoisotopic (exact) mass is 380 g/mol.